The van der Waals surface area contributed by atoms with E-state index in [0.717, 1.165) is 41.7 Å². The smallest absolute Gasteiger partial charge is 0.221 e. The Bertz CT molecular complexity index is 1160. The van der Waals surface area contributed by atoms with Gasteiger partial charge < -0.3 is 10.1 Å². The molecule has 6 nitrogen and oxygen atoms in total. The van der Waals surface area contributed by atoms with Crippen LogP contribution in [0.5, 0.6) is 5.75 Å². The molecule has 0 bridgehead atoms. The quantitative estimate of drug-likeness (QED) is 0.537. The van der Waals surface area contributed by atoms with E-state index in [0.29, 0.717) is 29.4 Å². The number of rotatable bonds is 6. The van der Waals surface area contributed by atoms with Gasteiger partial charge in [0.1, 0.15) is 5.75 Å². The van der Waals surface area contributed by atoms with E-state index in [1.165, 1.54) is 6.92 Å². The van der Waals surface area contributed by atoms with Gasteiger partial charge in [0, 0.05) is 42.0 Å². The minimum Gasteiger partial charge on any atom is -0.496 e. The van der Waals surface area contributed by atoms with Crippen LogP contribution in [0.3, 0.4) is 0 Å². The molecule has 1 aromatic heterocycles. The van der Waals surface area contributed by atoms with Crippen molar-refractivity contribution in [1.82, 2.24) is 9.88 Å². The number of fused-ring (bicyclic) bond motifs is 1. The highest BCUT2D eigenvalue weighted by Crippen LogP contribution is 2.29. The number of pyridine rings is 1. The number of methoxy groups -OCH3 is 1. The van der Waals surface area contributed by atoms with Crippen LogP contribution >= 0.6 is 11.6 Å². The maximum Gasteiger partial charge on any atom is 0.221 e. The molecule has 3 aromatic rings. The second-order valence-corrected chi connectivity index (χ2v) is 8.61. The molecule has 1 N–H and O–H groups in total. The zero-order chi connectivity index (χ0) is 22.7. The first-order valence-corrected chi connectivity index (χ1v) is 11.1. The number of nitrogens with zero attached hydrogens (tertiary/aromatic N) is 2. The van der Waals surface area contributed by atoms with Crippen molar-refractivity contribution in [1.29, 1.82) is 0 Å². The molecule has 1 aliphatic heterocycles. The second kappa shape index (κ2) is 9.67. The first-order chi connectivity index (χ1) is 15.4. The van der Waals surface area contributed by atoms with Crippen molar-refractivity contribution in [2.75, 3.05) is 25.5 Å². The highest BCUT2D eigenvalue weighted by atomic mass is 35.5. The van der Waals surface area contributed by atoms with Crippen molar-refractivity contribution in [2.24, 2.45) is 5.92 Å². The molecule has 32 heavy (non-hydrogen) atoms. The summed E-state index contributed by atoms with van der Waals surface area (Å²) >= 11 is 6.13. The second-order valence-electron chi connectivity index (χ2n) is 8.17. The zero-order valence-electron chi connectivity index (χ0n) is 18.2. The maximum absolute atomic E-state index is 13.2. The SMILES string of the molecule is COc1ccc(Cl)cc1C(=O)C1CCCN(Cc2ccc3cc(NC(C)=O)ccc3n2)C1. The fraction of sp³-hybridized carbons (Fsp3) is 0.320. The number of ketones is 1. The topological polar surface area (TPSA) is 71.5 Å². The number of benzene rings is 2. The number of piperidine rings is 1. The monoisotopic (exact) mass is 451 g/mol. The van der Waals surface area contributed by atoms with Crippen LogP contribution in [0, 0.1) is 5.92 Å². The fourth-order valence-electron chi connectivity index (χ4n) is 4.27. The molecule has 7 heteroatoms. The van der Waals surface area contributed by atoms with Crippen LogP contribution in [0.4, 0.5) is 5.69 Å². The number of hydrogen-bond acceptors (Lipinski definition) is 5. The molecule has 1 amide bonds. The average molecular weight is 452 g/mol. The van der Waals surface area contributed by atoms with Crippen LogP contribution in [0.1, 0.15) is 35.8 Å². The van der Waals surface area contributed by atoms with E-state index in [4.69, 9.17) is 21.3 Å². The van der Waals surface area contributed by atoms with Crippen molar-refractivity contribution in [3.05, 3.63) is 64.8 Å². The zero-order valence-corrected chi connectivity index (χ0v) is 19.0. The molecule has 1 unspecified atom stereocenters. The summed E-state index contributed by atoms with van der Waals surface area (Å²) in [4.78, 5) is 31.5. The van der Waals surface area contributed by atoms with Gasteiger partial charge in [-0.05, 0) is 61.9 Å². The summed E-state index contributed by atoms with van der Waals surface area (Å²) in [6.07, 6.45) is 1.80. The third-order valence-electron chi connectivity index (χ3n) is 5.76. The molecule has 166 valence electrons. The molecule has 2 aromatic carbocycles. The molecule has 1 atom stereocenters. The standard InChI is InChI=1S/C25H26ClN3O3/c1-16(30)27-20-8-9-23-17(12-20)5-7-21(28-23)15-29-11-3-4-18(14-29)25(31)22-13-19(26)6-10-24(22)32-2/h5-10,12-13,18H,3-4,11,14-15H2,1-2H3,(H,27,30). The average Bonchev–Trinajstić information content (AvgIpc) is 2.78. The minimum atomic E-state index is -0.100. The number of carbonyl (C=O) groups excluding carboxylic acids is 2. The van der Waals surface area contributed by atoms with Crippen LogP contribution in [-0.4, -0.2) is 41.8 Å². The van der Waals surface area contributed by atoms with Gasteiger partial charge in [-0.25, -0.2) is 0 Å². The Balaban J connectivity index is 1.47. The van der Waals surface area contributed by atoms with Crippen LogP contribution in [0.15, 0.2) is 48.5 Å². The summed E-state index contributed by atoms with van der Waals surface area (Å²) in [5, 5.41) is 4.30. The number of Topliss-reactive ketones (excluding diaryl/α,β-unsaturated/α-hetero) is 1. The van der Waals surface area contributed by atoms with Crippen molar-refractivity contribution in [2.45, 2.75) is 26.3 Å². The van der Waals surface area contributed by atoms with Crippen molar-refractivity contribution in [3.8, 4) is 5.75 Å². The highest BCUT2D eigenvalue weighted by molar-refractivity contribution is 6.31. The molecule has 1 aliphatic rings. The molecule has 1 saturated heterocycles. The number of aromatic nitrogens is 1. The number of carbonyl (C=O) groups is 2. The summed E-state index contributed by atoms with van der Waals surface area (Å²) < 4.78 is 5.38. The van der Waals surface area contributed by atoms with Gasteiger partial charge in [-0.2, -0.15) is 0 Å². The summed E-state index contributed by atoms with van der Waals surface area (Å²) in [5.74, 6) is 0.438. The Hall–Kier alpha value is -2.96. The Morgan fingerprint density at radius 1 is 1.19 bits per heavy atom. The fourth-order valence-corrected chi connectivity index (χ4v) is 4.44. The summed E-state index contributed by atoms with van der Waals surface area (Å²) in [6.45, 7) is 3.78. The lowest BCUT2D eigenvalue weighted by molar-refractivity contribution is -0.114. The number of amides is 1. The molecule has 1 fully saturated rings. The van der Waals surface area contributed by atoms with Gasteiger partial charge in [-0.3, -0.25) is 19.5 Å². The highest BCUT2D eigenvalue weighted by Gasteiger charge is 2.28. The summed E-state index contributed by atoms with van der Waals surface area (Å²) in [6, 6.07) is 14.9. The van der Waals surface area contributed by atoms with Gasteiger partial charge in [-0.15, -0.1) is 0 Å². The van der Waals surface area contributed by atoms with Gasteiger partial charge in [0.15, 0.2) is 5.78 Å². The van der Waals surface area contributed by atoms with Gasteiger partial charge in [0.2, 0.25) is 5.91 Å². The van der Waals surface area contributed by atoms with Crippen molar-refractivity contribution >= 4 is 39.9 Å². The molecule has 0 saturated carbocycles. The number of hydrogen-bond donors (Lipinski definition) is 1. The molecule has 0 spiro atoms. The Kier molecular flexibility index (Phi) is 6.72. The number of anilines is 1. The van der Waals surface area contributed by atoms with E-state index < -0.39 is 0 Å². The number of ether oxygens (including phenoxy) is 1. The van der Waals surface area contributed by atoms with E-state index in [1.54, 1.807) is 25.3 Å². The largest absolute Gasteiger partial charge is 0.496 e. The van der Waals surface area contributed by atoms with Crippen LogP contribution in [0.25, 0.3) is 10.9 Å². The first-order valence-electron chi connectivity index (χ1n) is 10.7. The van der Waals surface area contributed by atoms with E-state index >= 15 is 0 Å². The molecule has 2 heterocycles. The molecular formula is C25H26ClN3O3. The van der Waals surface area contributed by atoms with E-state index in [9.17, 15) is 9.59 Å². The predicted molar refractivity (Wildman–Crippen MR) is 126 cm³/mol. The third kappa shape index (κ3) is 5.09. The lowest BCUT2D eigenvalue weighted by Gasteiger charge is -2.32. The molecule has 0 radical (unpaired) electrons. The van der Waals surface area contributed by atoms with Crippen molar-refractivity contribution in [3.63, 3.8) is 0 Å². The number of likely N-dealkylation sites (tertiary alicyclic amines) is 1. The van der Waals surface area contributed by atoms with E-state index in [2.05, 4.69) is 10.2 Å². The Morgan fingerprint density at radius 2 is 2.03 bits per heavy atom. The lowest BCUT2D eigenvalue weighted by Crippen LogP contribution is -2.38. The maximum atomic E-state index is 13.2. The van der Waals surface area contributed by atoms with Crippen molar-refractivity contribution < 1.29 is 14.3 Å². The molecular weight excluding hydrogens is 426 g/mol. The van der Waals surface area contributed by atoms with Crippen LogP contribution < -0.4 is 10.1 Å². The Labute approximate surface area is 192 Å². The predicted octanol–water partition coefficient (Wildman–Crippen LogP) is 4.95. The van der Waals surface area contributed by atoms with E-state index in [-0.39, 0.29) is 17.6 Å². The van der Waals surface area contributed by atoms with Gasteiger partial charge in [0.25, 0.3) is 0 Å². The molecule has 4 rings (SSSR count). The third-order valence-corrected chi connectivity index (χ3v) is 5.99. The van der Waals surface area contributed by atoms with Gasteiger partial charge in [0.05, 0.1) is 23.9 Å². The van der Waals surface area contributed by atoms with Crippen LogP contribution in [0.2, 0.25) is 5.02 Å². The van der Waals surface area contributed by atoms with Crippen LogP contribution in [-0.2, 0) is 11.3 Å². The number of halogens is 1. The number of nitrogens with one attached hydrogen (secondary N) is 1. The normalized spacial score (nSPS) is 16.7. The van der Waals surface area contributed by atoms with E-state index in [1.807, 2.05) is 30.3 Å². The summed E-state index contributed by atoms with van der Waals surface area (Å²) in [5.41, 5.74) is 3.14. The van der Waals surface area contributed by atoms with Gasteiger partial charge in [-0.1, -0.05) is 17.7 Å². The van der Waals surface area contributed by atoms with Gasteiger partial charge >= 0.3 is 0 Å². The Morgan fingerprint density at radius 3 is 2.81 bits per heavy atom. The lowest BCUT2D eigenvalue weighted by atomic mass is 9.89. The minimum absolute atomic E-state index is 0.0750. The summed E-state index contributed by atoms with van der Waals surface area (Å²) in [7, 11) is 1.57. The molecule has 0 aliphatic carbocycles. The first kappa shape index (κ1) is 22.2.